The standard InChI is InChI=1S/C44H42N2/c1-29(2)23-31-19-21-43-39(25-31)37-15-5-7-17-41(37)45(43)35-13-9-11-33(27-35)34-12-10-14-36(28-34)46-42-18-8-6-16-38(42)40-26-32(24-30(3)4)20-22-44(40)46/h5-22,25-27,29-30,34H,23-24,28H2,1-4H3. The van der Waals surface area contributed by atoms with Gasteiger partial charge in [0.1, 0.15) is 0 Å². The lowest BCUT2D eigenvalue weighted by Gasteiger charge is -2.22. The van der Waals surface area contributed by atoms with Crippen LogP contribution in [0.4, 0.5) is 0 Å². The van der Waals surface area contributed by atoms with Crippen LogP contribution in [0.3, 0.4) is 0 Å². The maximum atomic E-state index is 2.51. The summed E-state index contributed by atoms with van der Waals surface area (Å²) in [6.45, 7) is 9.19. The number of benzene rings is 5. The van der Waals surface area contributed by atoms with Crippen molar-refractivity contribution in [2.24, 2.45) is 11.8 Å². The van der Waals surface area contributed by atoms with E-state index in [4.69, 9.17) is 0 Å². The minimum atomic E-state index is 0.294. The maximum Gasteiger partial charge on any atom is 0.0541 e. The van der Waals surface area contributed by atoms with Gasteiger partial charge in [0.2, 0.25) is 0 Å². The molecule has 0 bridgehead atoms. The Labute approximate surface area is 272 Å². The van der Waals surface area contributed by atoms with Crippen molar-refractivity contribution in [1.29, 1.82) is 0 Å². The summed E-state index contributed by atoms with van der Waals surface area (Å²) < 4.78 is 4.96. The largest absolute Gasteiger partial charge is 0.313 e. The quantitative estimate of drug-likeness (QED) is 0.173. The number of allylic oxidation sites excluding steroid dienone is 4. The van der Waals surface area contributed by atoms with E-state index in [0.717, 1.165) is 19.3 Å². The molecule has 2 aromatic heterocycles. The second-order valence-electron chi connectivity index (χ2n) is 14.1. The van der Waals surface area contributed by atoms with Gasteiger partial charge in [-0.25, -0.2) is 0 Å². The number of para-hydroxylation sites is 2. The molecule has 0 radical (unpaired) electrons. The highest BCUT2D eigenvalue weighted by Gasteiger charge is 2.21. The summed E-state index contributed by atoms with van der Waals surface area (Å²) in [4.78, 5) is 0. The lowest BCUT2D eigenvalue weighted by Crippen LogP contribution is -2.06. The van der Waals surface area contributed by atoms with Gasteiger partial charge in [0.15, 0.2) is 0 Å². The first kappa shape index (κ1) is 28.6. The predicted octanol–water partition coefficient (Wildman–Crippen LogP) is 11.9. The van der Waals surface area contributed by atoms with Crippen molar-refractivity contribution in [3.8, 4) is 5.69 Å². The Morgan fingerprint density at radius 3 is 1.76 bits per heavy atom. The highest BCUT2D eigenvalue weighted by molar-refractivity contribution is 6.11. The Hall–Kier alpha value is -4.82. The van der Waals surface area contributed by atoms with Crippen LogP contribution in [0.2, 0.25) is 0 Å². The van der Waals surface area contributed by atoms with Crippen LogP contribution in [0, 0.1) is 11.8 Å². The van der Waals surface area contributed by atoms with Gasteiger partial charge in [-0.05, 0) is 102 Å². The van der Waals surface area contributed by atoms with Crippen LogP contribution in [0.15, 0.2) is 127 Å². The molecule has 0 saturated carbocycles. The molecule has 7 aromatic rings. The van der Waals surface area contributed by atoms with E-state index in [1.54, 1.807) is 0 Å². The smallest absolute Gasteiger partial charge is 0.0541 e. The minimum absolute atomic E-state index is 0.294. The van der Waals surface area contributed by atoms with Crippen molar-refractivity contribution >= 4 is 49.3 Å². The molecule has 0 N–H and O–H groups in total. The summed E-state index contributed by atoms with van der Waals surface area (Å²) in [5.41, 5.74) is 11.9. The highest BCUT2D eigenvalue weighted by atomic mass is 15.0. The Morgan fingerprint density at radius 1 is 0.565 bits per heavy atom. The number of nitrogens with zero attached hydrogens (tertiary/aromatic N) is 2. The summed E-state index contributed by atoms with van der Waals surface area (Å²) in [7, 11) is 0. The van der Waals surface area contributed by atoms with Gasteiger partial charge in [0.25, 0.3) is 0 Å². The molecule has 46 heavy (non-hydrogen) atoms. The fourth-order valence-electron chi connectivity index (χ4n) is 7.78. The van der Waals surface area contributed by atoms with E-state index in [9.17, 15) is 0 Å². The van der Waals surface area contributed by atoms with Crippen LogP contribution < -0.4 is 0 Å². The second-order valence-corrected chi connectivity index (χ2v) is 14.1. The van der Waals surface area contributed by atoms with Crippen molar-refractivity contribution in [3.05, 3.63) is 144 Å². The molecule has 0 amide bonds. The van der Waals surface area contributed by atoms with E-state index >= 15 is 0 Å². The van der Waals surface area contributed by atoms with Crippen LogP contribution in [0.5, 0.6) is 0 Å². The molecule has 0 fully saturated rings. The summed E-state index contributed by atoms with van der Waals surface area (Å²) in [6.07, 6.45) is 10.1. The Balaban J connectivity index is 1.18. The summed E-state index contributed by atoms with van der Waals surface area (Å²) in [5.74, 6) is 1.57. The average molecular weight is 599 g/mol. The Morgan fingerprint density at radius 2 is 1.13 bits per heavy atom. The molecule has 0 aliphatic heterocycles. The monoisotopic (exact) mass is 598 g/mol. The van der Waals surface area contributed by atoms with E-state index in [1.165, 1.54) is 71.7 Å². The zero-order chi connectivity index (χ0) is 31.4. The van der Waals surface area contributed by atoms with Gasteiger partial charge in [0, 0.05) is 38.8 Å². The van der Waals surface area contributed by atoms with Gasteiger partial charge in [-0.3, -0.25) is 0 Å². The lowest BCUT2D eigenvalue weighted by molar-refractivity contribution is 0.647. The number of aromatic nitrogens is 2. The molecule has 2 heteroatoms. The Bertz CT molecular complexity index is 2300. The molecule has 5 aromatic carbocycles. The van der Waals surface area contributed by atoms with E-state index in [2.05, 4.69) is 164 Å². The SMILES string of the molecule is CC(C)Cc1ccc2c(c1)c1ccccc1n2C1=CC=CC(c2cccc(-n3c4ccccc4c4cc(CC(C)C)ccc43)c2)C1. The number of hydrogen-bond donors (Lipinski definition) is 0. The van der Waals surface area contributed by atoms with Gasteiger partial charge in [-0.15, -0.1) is 0 Å². The van der Waals surface area contributed by atoms with Crippen LogP contribution in [0.1, 0.15) is 56.7 Å². The van der Waals surface area contributed by atoms with Gasteiger partial charge in [-0.1, -0.05) is 101 Å². The first-order valence-corrected chi connectivity index (χ1v) is 17.0. The van der Waals surface area contributed by atoms with Crippen LogP contribution in [-0.2, 0) is 12.8 Å². The number of hydrogen-bond acceptors (Lipinski definition) is 0. The molecule has 2 nitrogen and oxygen atoms in total. The van der Waals surface area contributed by atoms with Gasteiger partial charge >= 0.3 is 0 Å². The second kappa shape index (κ2) is 11.5. The van der Waals surface area contributed by atoms with Crippen LogP contribution >= 0.6 is 0 Å². The molecule has 2 heterocycles. The van der Waals surface area contributed by atoms with Crippen molar-refractivity contribution in [2.45, 2.75) is 52.9 Å². The molecular formula is C44H42N2. The number of rotatable bonds is 7. The van der Waals surface area contributed by atoms with Crippen molar-refractivity contribution in [3.63, 3.8) is 0 Å². The molecule has 1 aliphatic rings. The number of fused-ring (bicyclic) bond motifs is 6. The van der Waals surface area contributed by atoms with E-state index in [1.807, 2.05) is 0 Å². The third-order valence-electron chi connectivity index (χ3n) is 9.67. The van der Waals surface area contributed by atoms with Crippen molar-refractivity contribution in [2.75, 3.05) is 0 Å². The fraction of sp³-hybridized carbons (Fsp3) is 0.227. The third kappa shape index (κ3) is 4.97. The van der Waals surface area contributed by atoms with E-state index < -0.39 is 0 Å². The Kier molecular flexibility index (Phi) is 7.17. The zero-order valence-electron chi connectivity index (χ0n) is 27.4. The van der Waals surface area contributed by atoms with Gasteiger partial charge in [-0.2, -0.15) is 0 Å². The summed E-state index contributed by atoms with van der Waals surface area (Å²) in [5, 5.41) is 5.34. The van der Waals surface area contributed by atoms with Crippen molar-refractivity contribution in [1.82, 2.24) is 9.13 Å². The lowest BCUT2D eigenvalue weighted by atomic mass is 9.90. The zero-order valence-corrected chi connectivity index (χ0v) is 27.4. The molecule has 0 spiro atoms. The van der Waals surface area contributed by atoms with Crippen LogP contribution in [0.25, 0.3) is 55.0 Å². The molecular weight excluding hydrogens is 556 g/mol. The van der Waals surface area contributed by atoms with Gasteiger partial charge < -0.3 is 9.13 Å². The molecule has 1 aliphatic carbocycles. The van der Waals surface area contributed by atoms with Gasteiger partial charge in [0.05, 0.1) is 22.1 Å². The maximum absolute atomic E-state index is 2.51. The average Bonchev–Trinajstić information content (AvgIpc) is 3.57. The van der Waals surface area contributed by atoms with Crippen LogP contribution in [-0.4, -0.2) is 9.13 Å². The molecule has 0 saturated heterocycles. The molecule has 8 rings (SSSR count). The third-order valence-corrected chi connectivity index (χ3v) is 9.67. The molecule has 1 atom stereocenters. The first-order valence-electron chi connectivity index (χ1n) is 17.0. The minimum Gasteiger partial charge on any atom is -0.313 e. The van der Waals surface area contributed by atoms with E-state index in [0.29, 0.717) is 17.8 Å². The topological polar surface area (TPSA) is 9.86 Å². The summed E-state index contributed by atoms with van der Waals surface area (Å²) >= 11 is 0. The molecule has 228 valence electrons. The molecule has 1 unspecified atom stereocenters. The summed E-state index contributed by atoms with van der Waals surface area (Å²) in [6, 6.07) is 41.1. The first-order chi connectivity index (χ1) is 22.4. The fourth-order valence-corrected chi connectivity index (χ4v) is 7.78. The van der Waals surface area contributed by atoms with E-state index in [-0.39, 0.29) is 0 Å². The predicted molar refractivity (Wildman–Crippen MR) is 198 cm³/mol. The highest BCUT2D eigenvalue weighted by Crippen LogP contribution is 2.39. The normalized spacial score (nSPS) is 15.3. The van der Waals surface area contributed by atoms with Crippen molar-refractivity contribution < 1.29 is 0 Å².